The minimum Gasteiger partial charge on any atom is -0.480 e. The summed E-state index contributed by atoms with van der Waals surface area (Å²) < 4.78 is 11.5. The van der Waals surface area contributed by atoms with Crippen molar-refractivity contribution in [3.8, 4) is 17.1 Å². The number of hydrogen-bond donors (Lipinski definition) is 0. The van der Waals surface area contributed by atoms with Crippen molar-refractivity contribution in [2.24, 2.45) is 0 Å². The highest BCUT2D eigenvalue weighted by Gasteiger charge is 2.24. The molecule has 0 N–H and O–H groups in total. The Labute approximate surface area is 181 Å². The van der Waals surface area contributed by atoms with E-state index in [0.29, 0.717) is 23.9 Å². The Bertz CT molecular complexity index is 1200. The second-order valence-electron chi connectivity index (χ2n) is 7.57. The monoisotopic (exact) mass is 415 g/mol. The maximum absolute atomic E-state index is 13.1. The molecule has 1 heterocycles. The second kappa shape index (κ2) is 9.00. The Balaban J connectivity index is 1.46. The maximum Gasteiger partial charge on any atom is 0.263 e. The Hall–Kier alpha value is -3.67. The van der Waals surface area contributed by atoms with Crippen LogP contribution in [0.1, 0.15) is 24.8 Å². The average Bonchev–Trinajstić information content (AvgIpc) is 3.25. The zero-order valence-electron chi connectivity index (χ0n) is 17.9. The van der Waals surface area contributed by atoms with Crippen LogP contribution in [-0.2, 0) is 11.3 Å². The number of aromatic nitrogens is 2. The number of nitrogens with zero attached hydrogens (tertiary/aromatic N) is 3. The van der Waals surface area contributed by atoms with Crippen LogP contribution in [-0.4, -0.2) is 34.1 Å². The van der Waals surface area contributed by atoms with Crippen LogP contribution in [0.2, 0.25) is 0 Å². The van der Waals surface area contributed by atoms with Crippen LogP contribution in [0.3, 0.4) is 0 Å². The van der Waals surface area contributed by atoms with Gasteiger partial charge >= 0.3 is 0 Å². The standard InChI is InChI=1S/C25H25N3O3/c1-4-21(30-22-14-8-11-18-10-5-6-13-20(18)22)25(29)28(3)16-23-26-24(27-31-23)19-12-7-9-17(2)15-19/h5-15,21H,4,16H2,1-3H3/t21-/m1/s1. The molecule has 0 spiro atoms. The number of fused-ring (bicyclic) bond motifs is 1. The molecular formula is C25H25N3O3. The number of benzene rings is 3. The molecular weight excluding hydrogens is 390 g/mol. The Kier molecular flexibility index (Phi) is 5.98. The van der Waals surface area contributed by atoms with Crippen molar-refractivity contribution in [2.45, 2.75) is 32.9 Å². The van der Waals surface area contributed by atoms with Crippen LogP contribution in [0.4, 0.5) is 0 Å². The molecule has 0 saturated heterocycles. The van der Waals surface area contributed by atoms with E-state index in [2.05, 4.69) is 10.1 Å². The highest BCUT2D eigenvalue weighted by atomic mass is 16.5. The number of hydrogen-bond acceptors (Lipinski definition) is 5. The molecule has 0 fully saturated rings. The van der Waals surface area contributed by atoms with Gasteiger partial charge in [-0.2, -0.15) is 4.98 Å². The van der Waals surface area contributed by atoms with Crippen molar-refractivity contribution < 1.29 is 14.1 Å². The van der Waals surface area contributed by atoms with E-state index in [9.17, 15) is 4.79 Å². The topological polar surface area (TPSA) is 68.5 Å². The summed E-state index contributed by atoms with van der Waals surface area (Å²) >= 11 is 0. The van der Waals surface area contributed by atoms with E-state index in [0.717, 1.165) is 21.9 Å². The molecule has 31 heavy (non-hydrogen) atoms. The molecule has 0 aliphatic rings. The predicted octanol–water partition coefficient (Wildman–Crippen LogP) is 5.01. The van der Waals surface area contributed by atoms with E-state index >= 15 is 0 Å². The highest BCUT2D eigenvalue weighted by molar-refractivity contribution is 5.89. The number of ether oxygens (including phenoxy) is 1. The molecule has 4 aromatic rings. The molecule has 6 nitrogen and oxygen atoms in total. The fourth-order valence-corrected chi connectivity index (χ4v) is 3.51. The van der Waals surface area contributed by atoms with Gasteiger partial charge in [0, 0.05) is 18.0 Å². The van der Waals surface area contributed by atoms with Crippen LogP contribution in [0, 0.1) is 6.92 Å². The number of carbonyl (C=O) groups excluding carboxylic acids is 1. The summed E-state index contributed by atoms with van der Waals surface area (Å²) in [6, 6.07) is 21.7. The Morgan fingerprint density at radius 3 is 2.68 bits per heavy atom. The van der Waals surface area contributed by atoms with Gasteiger partial charge in [0.25, 0.3) is 5.91 Å². The minimum atomic E-state index is -0.602. The second-order valence-corrected chi connectivity index (χ2v) is 7.57. The van der Waals surface area contributed by atoms with Crippen LogP contribution >= 0.6 is 0 Å². The number of aryl methyl sites for hydroxylation is 1. The molecule has 3 aromatic carbocycles. The Morgan fingerprint density at radius 1 is 1.10 bits per heavy atom. The summed E-state index contributed by atoms with van der Waals surface area (Å²) in [5.41, 5.74) is 2.00. The van der Waals surface area contributed by atoms with Crippen LogP contribution in [0.25, 0.3) is 22.2 Å². The van der Waals surface area contributed by atoms with E-state index in [-0.39, 0.29) is 12.5 Å². The lowest BCUT2D eigenvalue weighted by Crippen LogP contribution is -2.39. The number of amides is 1. The van der Waals surface area contributed by atoms with Gasteiger partial charge in [-0.25, -0.2) is 0 Å². The SMILES string of the molecule is CC[C@@H](Oc1cccc2ccccc12)C(=O)N(C)Cc1nc(-c2cccc(C)c2)no1. The van der Waals surface area contributed by atoms with E-state index in [1.807, 2.05) is 80.6 Å². The van der Waals surface area contributed by atoms with Gasteiger partial charge in [0.2, 0.25) is 11.7 Å². The number of rotatable bonds is 7. The van der Waals surface area contributed by atoms with Crippen LogP contribution < -0.4 is 4.74 Å². The fraction of sp³-hybridized carbons (Fsp3) is 0.240. The zero-order chi connectivity index (χ0) is 21.8. The summed E-state index contributed by atoms with van der Waals surface area (Å²) in [5.74, 6) is 1.46. The lowest BCUT2D eigenvalue weighted by Gasteiger charge is -2.23. The largest absolute Gasteiger partial charge is 0.480 e. The molecule has 158 valence electrons. The molecule has 0 aliphatic heterocycles. The van der Waals surface area contributed by atoms with Gasteiger partial charge in [-0.3, -0.25) is 4.79 Å². The third-order valence-electron chi connectivity index (χ3n) is 5.16. The third-order valence-corrected chi connectivity index (χ3v) is 5.16. The summed E-state index contributed by atoms with van der Waals surface area (Å²) in [6.45, 7) is 4.16. The van der Waals surface area contributed by atoms with Gasteiger partial charge in [-0.1, -0.05) is 72.2 Å². The summed E-state index contributed by atoms with van der Waals surface area (Å²) in [5, 5.41) is 6.11. The van der Waals surface area contributed by atoms with Gasteiger partial charge in [0.05, 0.1) is 6.54 Å². The molecule has 1 aromatic heterocycles. The van der Waals surface area contributed by atoms with Crippen molar-refractivity contribution in [1.29, 1.82) is 0 Å². The molecule has 0 bridgehead atoms. The lowest BCUT2D eigenvalue weighted by molar-refractivity contribution is -0.138. The first-order chi connectivity index (χ1) is 15.0. The van der Waals surface area contributed by atoms with Crippen LogP contribution in [0.15, 0.2) is 71.3 Å². The van der Waals surface area contributed by atoms with Crippen molar-refractivity contribution in [2.75, 3.05) is 7.05 Å². The van der Waals surface area contributed by atoms with Crippen LogP contribution in [0.5, 0.6) is 5.75 Å². The van der Waals surface area contributed by atoms with Crippen molar-refractivity contribution in [3.05, 3.63) is 78.2 Å². The molecule has 1 amide bonds. The molecule has 0 saturated carbocycles. The maximum atomic E-state index is 13.1. The minimum absolute atomic E-state index is 0.134. The molecule has 1 atom stereocenters. The molecule has 0 radical (unpaired) electrons. The van der Waals surface area contributed by atoms with E-state index < -0.39 is 6.10 Å². The fourth-order valence-electron chi connectivity index (χ4n) is 3.51. The molecule has 4 rings (SSSR count). The first-order valence-corrected chi connectivity index (χ1v) is 10.3. The number of carbonyl (C=O) groups is 1. The van der Waals surface area contributed by atoms with Crippen molar-refractivity contribution in [3.63, 3.8) is 0 Å². The van der Waals surface area contributed by atoms with E-state index in [1.165, 1.54) is 0 Å². The van der Waals surface area contributed by atoms with Gasteiger partial charge in [-0.15, -0.1) is 0 Å². The van der Waals surface area contributed by atoms with Crippen molar-refractivity contribution >= 4 is 16.7 Å². The third kappa shape index (κ3) is 4.58. The first-order valence-electron chi connectivity index (χ1n) is 10.3. The molecule has 0 aliphatic carbocycles. The van der Waals surface area contributed by atoms with Gasteiger partial charge in [-0.05, 0) is 30.9 Å². The lowest BCUT2D eigenvalue weighted by atomic mass is 10.1. The molecule has 0 unspecified atom stereocenters. The van der Waals surface area contributed by atoms with Gasteiger partial charge < -0.3 is 14.2 Å². The highest BCUT2D eigenvalue weighted by Crippen LogP contribution is 2.27. The van der Waals surface area contributed by atoms with Gasteiger partial charge in [0.15, 0.2) is 6.10 Å². The van der Waals surface area contributed by atoms with Gasteiger partial charge in [0.1, 0.15) is 5.75 Å². The smallest absolute Gasteiger partial charge is 0.263 e. The first kappa shape index (κ1) is 20.6. The quantitative estimate of drug-likeness (QED) is 0.424. The summed E-state index contributed by atoms with van der Waals surface area (Å²) in [7, 11) is 1.72. The summed E-state index contributed by atoms with van der Waals surface area (Å²) in [6.07, 6.45) is -0.0555. The zero-order valence-corrected chi connectivity index (χ0v) is 17.9. The Morgan fingerprint density at radius 2 is 1.87 bits per heavy atom. The number of likely N-dealkylation sites (N-methyl/N-ethyl adjacent to an activating group) is 1. The summed E-state index contributed by atoms with van der Waals surface area (Å²) in [4.78, 5) is 19.1. The normalized spacial score (nSPS) is 12.0. The van der Waals surface area contributed by atoms with E-state index in [1.54, 1.807) is 11.9 Å². The molecule has 6 heteroatoms. The average molecular weight is 415 g/mol. The van der Waals surface area contributed by atoms with Crippen molar-refractivity contribution in [1.82, 2.24) is 15.0 Å². The van der Waals surface area contributed by atoms with E-state index in [4.69, 9.17) is 9.26 Å². The predicted molar refractivity (Wildman–Crippen MR) is 120 cm³/mol.